The maximum Gasteiger partial charge on any atom is -0.00923 e. The van der Waals surface area contributed by atoms with Gasteiger partial charge in [0.1, 0.15) is 0 Å². The van der Waals surface area contributed by atoms with E-state index in [0.717, 1.165) is 0 Å². The standard InChI is InChI=1S/C14H20/c1-10-6-7-11-12(8-10)14(4,5)9-13(11,2)3/h6-8H,9H2,1-5H3. The lowest BCUT2D eigenvalue weighted by molar-refractivity contribution is 0.403. The van der Waals surface area contributed by atoms with Crippen LogP contribution in [0.5, 0.6) is 0 Å². The summed E-state index contributed by atoms with van der Waals surface area (Å²) in [5.74, 6) is 0. The lowest BCUT2D eigenvalue weighted by atomic mass is 9.82. The van der Waals surface area contributed by atoms with Crippen molar-refractivity contribution in [3.05, 3.63) is 34.9 Å². The molecule has 1 aliphatic rings. The minimum absolute atomic E-state index is 0.352. The predicted octanol–water partition coefficient (Wildman–Crippen LogP) is 3.95. The smallest absolute Gasteiger partial charge is 0.00923 e. The van der Waals surface area contributed by atoms with E-state index < -0.39 is 0 Å². The van der Waals surface area contributed by atoms with Gasteiger partial charge >= 0.3 is 0 Å². The largest absolute Gasteiger partial charge is 0.0590 e. The zero-order valence-corrected chi connectivity index (χ0v) is 9.94. The maximum atomic E-state index is 2.37. The van der Waals surface area contributed by atoms with E-state index in [0.29, 0.717) is 10.8 Å². The number of hydrogen-bond acceptors (Lipinski definition) is 0. The molecule has 0 unspecified atom stereocenters. The molecule has 0 spiro atoms. The third-order valence-corrected chi connectivity index (χ3v) is 3.52. The van der Waals surface area contributed by atoms with Crippen LogP contribution in [-0.2, 0) is 10.8 Å². The molecule has 0 heterocycles. The molecule has 0 saturated heterocycles. The van der Waals surface area contributed by atoms with E-state index in [9.17, 15) is 0 Å². The fourth-order valence-electron chi connectivity index (χ4n) is 3.10. The van der Waals surface area contributed by atoms with Crippen LogP contribution in [0.3, 0.4) is 0 Å². The van der Waals surface area contributed by atoms with Gasteiger partial charge in [0.15, 0.2) is 0 Å². The lowest BCUT2D eigenvalue weighted by Crippen LogP contribution is -2.17. The molecule has 0 radical (unpaired) electrons. The van der Waals surface area contributed by atoms with Gasteiger partial charge in [-0.3, -0.25) is 0 Å². The molecule has 0 N–H and O–H groups in total. The van der Waals surface area contributed by atoms with Gasteiger partial charge < -0.3 is 0 Å². The normalized spacial score (nSPS) is 22.1. The molecule has 0 bridgehead atoms. The van der Waals surface area contributed by atoms with Gasteiger partial charge in [-0.25, -0.2) is 0 Å². The van der Waals surface area contributed by atoms with Crippen LogP contribution in [0.25, 0.3) is 0 Å². The Morgan fingerprint density at radius 1 is 0.929 bits per heavy atom. The van der Waals surface area contributed by atoms with Crippen LogP contribution in [0.4, 0.5) is 0 Å². The van der Waals surface area contributed by atoms with E-state index in [1.807, 2.05) is 0 Å². The van der Waals surface area contributed by atoms with Crippen molar-refractivity contribution in [3.63, 3.8) is 0 Å². The molecule has 0 aromatic heterocycles. The Bertz CT molecular complexity index is 370. The van der Waals surface area contributed by atoms with Gasteiger partial charge in [0.05, 0.1) is 0 Å². The molecular formula is C14H20. The van der Waals surface area contributed by atoms with Crippen molar-refractivity contribution >= 4 is 0 Å². The molecule has 76 valence electrons. The zero-order valence-electron chi connectivity index (χ0n) is 9.94. The van der Waals surface area contributed by atoms with Crippen LogP contribution in [0, 0.1) is 6.92 Å². The van der Waals surface area contributed by atoms with Crippen LogP contribution >= 0.6 is 0 Å². The highest BCUT2D eigenvalue weighted by Gasteiger charge is 2.41. The SMILES string of the molecule is Cc1ccc2c(c1)C(C)(C)CC2(C)C. The fourth-order valence-corrected chi connectivity index (χ4v) is 3.10. The predicted molar refractivity (Wildman–Crippen MR) is 61.8 cm³/mol. The fraction of sp³-hybridized carbons (Fsp3) is 0.571. The Labute approximate surface area is 87.3 Å². The molecule has 0 aliphatic heterocycles. The Morgan fingerprint density at radius 2 is 1.50 bits per heavy atom. The molecule has 0 atom stereocenters. The first-order chi connectivity index (χ1) is 6.33. The van der Waals surface area contributed by atoms with E-state index in [1.165, 1.54) is 12.0 Å². The summed E-state index contributed by atoms with van der Waals surface area (Å²) >= 11 is 0. The number of benzene rings is 1. The van der Waals surface area contributed by atoms with Crippen LogP contribution in [-0.4, -0.2) is 0 Å². The van der Waals surface area contributed by atoms with E-state index in [4.69, 9.17) is 0 Å². The third kappa shape index (κ3) is 1.28. The second kappa shape index (κ2) is 2.62. The van der Waals surface area contributed by atoms with E-state index in [2.05, 4.69) is 52.8 Å². The van der Waals surface area contributed by atoms with Crippen LogP contribution < -0.4 is 0 Å². The van der Waals surface area contributed by atoms with Crippen molar-refractivity contribution in [1.29, 1.82) is 0 Å². The number of rotatable bonds is 0. The van der Waals surface area contributed by atoms with Crippen molar-refractivity contribution in [1.82, 2.24) is 0 Å². The van der Waals surface area contributed by atoms with Gasteiger partial charge in [0, 0.05) is 0 Å². The van der Waals surface area contributed by atoms with Gasteiger partial charge in [-0.1, -0.05) is 51.5 Å². The number of aryl methyl sites for hydroxylation is 1. The van der Waals surface area contributed by atoms with Crippen LogP contribution in [0.2, 0.25) is 0 Å². The van der Waals surface area contributed by atoms with Crippen molar-refractivity contribution in [2.24, 2.45) is 0 Å². The molecule has 0 saturated carbocycles. The Morgan fingerprint density at radius 3 is 2.14 bits per heavy atom. The summed E-state index contributed by atoms with van der Waals surface area (Å²) in [5.41, 5.74) is 5.20. The summed E-state index contributed by atoms with van der Waals surface area (Å²) in [7, 11) is 0. The maximum absolute atomic E-state index is 2.37. The highest BCUT2D eigenvalue weighted by molar-refractivity contribution is 5.46. The number of fused-ring (bicyclic) bond motifs is 1. The first-order valence-corrected chi connectivity index (χ1v) is 5.45. The summed E-state index contributed by atoms with van der Waals surface area (Å²) in [5, 5.41) is 0. The van der Waals surface area contributed by atoms with Gasteiger partial charge in [0.25, 0.3) is 0 Å². The third-order valence-electron chi connectivity index (χ3n) is 3.52. The minimum atomic E-state index is 0.352. The second-order valence-electron chi connectivity index (χ2n) is 5.99. The molecule has 0 fully saturated rings. The Balaban J connectivity index is 2.66. The van der Waals surface area contributed by atoms with E-state index in [-0.39, 0.29) is 0 Å². The summed E-state index contributed by atoms with van der Waals surface area (Å²) < 4.78 is 0. The molecule has 1 aromatic rings. The van der Waals surface area contributed by atoms with E-state index >= 15 is 0 Å². The minimum Gasteiger partial charge on any atom is -0.0590 e. The first kappa shape index (κ1) is 9.76. The molecule has 0 nitrogen and oxygen atoms in total. The quantitative estimate of drug-likeness (QED) is 0.578. The molecule has 1 aromatic carbocycles. The van der Waals surface area contributed by atoms with Gasteiger partial charge in [0.2, 0.25) is 0 Å². The van der Waals surface area contributed by atoms with Crippen molar-refractivity contribution in [3.8, 4) is 0 Å². The second-order valence-corrected chi connectivity index (χ2v) is 5.99. The highest BCUT2D eigenvalue weighted by atomic mass is 14.4. The summed E-state index contributed by atoms with van der Waals surface area (Å²) in [6.07, 6.45) is 1.26. The van der Waals surface area contributed by atoms with Gasteiger partial charge in [-0.05, 0) is 35.3 Å². The average Bonchev–Trinajstić information content (AvgIpc) is 2.17. The highest BCUT2D eigenvalue weighted by Crippen LogP contribution is 2.49. The molecule has 14 heavy (non-hydrogen) atoms. The first-order valence-electron chi connectivity index (χ1n) is 5.45. The topological polar surface area (TPSA) is 0 Å². The van der Waals surface area contributed by atoms with E-state index in [1.54, 1.807) is 11.1 Å². The van der Waals surface area contributed by atoms with Gasteiger partial charge in [-0.15, -0.1) is 0 Å². The molecule has 0 amide bonds. The van der Waals surface area contributed by atoms with Gasteiger partial charge in [-0.2, -0.15) is 0 Å². The van der Waals surface area contributed by atoms with Crippen molar-refractivity contribution < 1.29 is 0 Å². The van der Waals surface area contributed by atoms with Crippen LogP contribution in [0.1, 0.15) is 50.8 Å². The summed E-state index contributed by atoms with van der Waals surface area (Å²) in [6, 6.07) is 6.92. The zero-order chi connectivity index (χ0) is 10.6. The molecule has 2 rings (SSSR count). The van der Waals surface area contributed by atoms with Crippen molar-refractivity contribution in [2.45, 2.75) is 51.9 Å². The molecule has 1 aliphatic carbocycles. The Hall–Kier alpha value is -0.780. The van der Waals surface area contributed by atoms with Crippen molar-refractivity contribution in [2.75, 3.05) is 0 Å². The Kier molecular flexibility index (Phi) is 1.83. The number of hydrogen-bond donors (Lipinski definition) is 0. The molecular weight excluding hydrogens is 168 g/mol. The summed E-state index contributed by atoms with van der Waals surface area (Å²) in [6.45, 7) is 11.6. The lowest BCUT2D eigenvalue weighted by Gasteiger charge is -2.22. The monoisotopic (exact) mass is 188 g/mol. The summed E-state index contributed by atoms with van der Waals surface area (Å²) in [4.78, 5) is 0. The van der Waals surface area contributed by atoms with Crippen LogP contribution in [0.15, 0.2) is 18.2 Å². The average molecular weight is 188 g/mol. The molecule has 0 heteroatoms.